The minimum atomic E-state index is -0.505. The van der Waals surface area contributed by atoms with Crippen molar-refractivity contribution in [2.75, 3.05) is 14.2 Å². The molecule has 8 heteroatoms. The van der Waals surface area contributed by atoms with E-state index in [4.69, 9.17) is 9.47 Å². The number of nitrogens with zero attached hydrogens (tertiary/aromatic N) is 4. The largest absolute Gasteiger partial charge is 0.497 e. The standard InChI is InChI=1S/C19H22N4O4/c1-6-11(2)23-18(24)14(10-20)12(3)17(19(23)25)22-21-15-8-7-13(26-4)9-16(15)27-5/h7-9,11,24H,6H2,1-5H3. The quantitative estimate of drug-likeness (QED) is 0.769. The lowest BCUT2D eigenvalue weighted by atomic mass is 10.1. The Hall–Kier alpha value is -3.34. The van der Waals surface area contributed by atoms with E-state index in [9.17, 15) is 15.2 Å². The Bertz CT molecular complexity index is 973. The first-order valence-corrected chi connectivity index (χ1v) is 8.41. The molecule has 0 bridgehead atoms. The van der Waals surface area contributed by atoms with Gasteiger partial charge in [-0.25, -0.2) is 0 Å². The number of nitriles is 1. The first kappa shape index (κ1) is 20.0. The molecule has 1 unspecified atom stereocenters. The van der Waals surface area contributed by atoms with Gasteiger partial charge in [0, 0.05) is 17.7 Å². The number of methoxy groups -OCH3 is 2. The van der Waals surface area contributed by atoms with Crippen molar-refractivity contribution in [2.45, 2.75) is 33.2 Å². The van der Waals surface area contributed by atoms with Gasteiger partial charge in [0.15, 0.2) is 5.69 Å². The molecule has 142 valence electrons. The number of azo groups is 1. The maximum atomic E-state index is 12.8. The molecule has 1 atom stereocenters. The summed E-state index contributed by atoms with van der Waals surface area (Å²) >= 11 is 0. The summed E-state index contributed by atoms with van der Waals surface area (Å²) in [5.74, 6) is 0.671. The molecular formula is C19H22N4O4. The summed E-state index contributed by atoms with van der Waals surface area (Å²) in [5.41, 5.74) is 0.178. The molecule has 8 nitrogen and oxygen atoms in total. The van der Waals surface area contributed by atoms with Gasteiger partial charge in [-0.3, -0.25) is 9.36 Å². The monoisotopic (exact) mass is 370 g/mol. The highest BCUT2D eigenvalue weighted by Crippen LogP contribution is 2.34. The van der Waals surface area contributed by atoms with E-state index in [1.807, 2.05) is 13.0 Å². The van der Waals surface area contributed by atoms with E-state index in [1.54, 1.807) is 32.0 Å². The number of aromatic hydroxyl groups is 1. The Balaban J connectivity index is 2.65. The Morgan fingerprint density at radius 2 is 2.00 bits per heavy atom. The molecule has 2 rings (SSSR count). The van der Waals surface area contributed by atoms with Crippen LogP contribution in [0, 0.1) is 18.3 Å². The molecule has 0 radical (unpaired) electrons. The predicted octanol–water partition coefficient (Wildman–Crippen LogP) is 4.14. The van der Waals surface area contributed by atoms with E-state index in [-0.39, 0.29) is 28.7 Å². The highest BCUT2D eigenvalue weighted by Gasteiger charge is 2.21. The average molecular weight is 370 g/mol. The van der Waals surface area contributed by atoms with E-state index < -0.39 is 5.56 Å². The smallest absolute Gasteiger partial charge is 0.281 e. The maximum absolute atomic E-state index is 12.8. The lowest BCUT2D eigenvalue weighted by Gasteiger charge is -2.17. The van der Waals surface area contributed by atoms with Crippen molar-refractivity contribution in [3.05, 3.63) is 39.7 Å². The zero-order valence-corrected chi connectivity index (χ0v) is 16.0. The van der Waals surface area contributed by atoms with Gasteiger partial charge in [-0.1, -0.05) is 6.92 Å². The lowest BCUT2D eigenvalue weighted by molar-refractivity contribution is 0.372. The van der Waals surface area contributed by atoms with Crippen LogP contribution in [0.15, 0.2) is 33.2 Å². The van der Waals surface area contributed by atoms with Gasteiger partial charge >= 0.3 is 0 Å². The topological polar surface area (TPSA) is 109 Å². The Morgan fingerprint density at radius 1 is 1.30 bits per heavy atom. The number of benzene rings is 1. The van der Waals surface area contributed by atoms with Gasteiger partial charge in [-0.05, 0) is 32.4 Å². The van der Waals surface area contributed by atoms with Gasteiger partial charge in [0.1, 0.15) is 28.8 Å². The van der Waals surface area contributed by atoms with Gasteiger partial charge in [0.05, 0.1) is 14.2 Å². The van der Waals surface area contributed by atoms with Crippen molar-refractivity contribution in [3.8, 4) is 23.4 Å². The molecule has 1 aromatic carbocycles. The van der Waals surface area contributed by atoms with Crippen molar-refractivity contribution in [3.63, 3.8) is 0 Å². The number of hydrogen-bond donors (Lipinski definition) is 1. The third-order valence-electron chi connectivity index (χ3n) is 4.39. The van der Waals surface area contributed by atoms with Gasteiger partial charge in [0.2, 0.25) is 5.88 Å². The molecule has 0 spiro atoms. The van der Waals surface area contributed by atoms with Crippen LogP contribution < -0.4 is 15.0 Å². The molecule has 0 saturated heterocycles. The Kier molecular flexibility index (Phi) is 6.19. The van der Waals surface area contributed by atoms with E-state index in [0.717, 1.165) is 0 Å². The molecule has 0 aliphatic rings. The molecule has 0 saturated carbocycles. The van der Waals surface area contributed by atoms with Crippen LogP contribution in [0.25, 0.3) is 0 Å². The molecule has 0 fully saturated rings. The highest BCUT2D eigenvalue weighted by atomic mass is 16.5. The summed E-state index contributed by atoms with van der Waals surface area (Å²) in [6, 6.07) is 6.63. The molecule has 1 N–H and O–H groups in total. The van der Waals surface area contributed by atoms with Crippen molar-refractivity contribution >= 4 is 11.4 Å². The van der Waals surface area contributed by atoms with Crippen molar-refractivity contribution in [1.82, 2.24) is 4.57 Å². The van der Waals surface area contributed by atoms with Crippen LogP contribution in [0.4, 0.5) is 11.4 Å². The van der Waals surface area contributed by atoms with E-state index in [2.05, 4.69) is 10.2 Å². The highest BCUT2D eigenvalue weighted by molar-refractivity contribution is 5.58. The van der Waals surface area contributed by atoms with Crippen molar-refractivity contribution in [2.24, 2.45) is 10.2 Å². The number of ether oxygens (including phenoxy) is 2. The zero-order chi connectivity index (χ0) is 20.1. The summed E-state index contributed by atoms with van der Waals surface area (Å²) in [6.45, 7) is 5.22. The number of pyridine rings is 1. The molecular weight excluding hydrogens is 348 g/mol. The SMILES string of the molecule is CCC(C)n1c(O)c(C#N)c(C)c(N=Nc2ccc(OC)cc2OC)c1=O. The second-order valence-corrected chi connectivity index (χ2v) is 5.95. The minimum absolute atomic E-state index is 0.00233. The van der Waals surface area contributed by atoms with Gasteiger partial charge in [0.25, 0.3) is 5.56 Å². The van der Waals surface area contributed by atoms with Crippen LogP contribution in [0.2, 0.25) is 0 Å². The summed E-state index contributed by atoms with van der Waals surface area (Å²) < 4.78 is 11.6. The molecule has 0 aliphatic heterocycles. The van der Waals surface area contributed by atoms with Gasteiger partial charge in [-0.2, -0.15) is 5.26 Å². The van der Waals surface area contributed by atoms with Crippen molar-refractivity contribution in [1.29, 1.82) is 5.26 Å². The van der Waals surface area contributed by atoms with E-state index in [1.165, 1.54) is 18.8 Å². The Labute approximate surface area is 157 Å². The summed E-state index contributed by atoms with van der Waals surface area (Å²) in [4.78, 5) is 12.8. The van der Waals surface area contributed by atoms with Gasteiger partial charge < -0.3 is 14.6 Å². The van der Waals surface area contributed by atoms with Gasteiger partial charge in [-0.15, -0.1) is 10.2 Å². The average Bonchev–Trinajstić information content (AvgIpc) is 2.67. The van der Waals surface area contributed by atoms with Crippen LogP contribution in [0.3, 0.4) is 0 Å². The third kappa shape index (κ3) is 3.77. The molecule has 27 heavy (non-hydrogen) atoms. The van der Waals surface area contributed by atoms with E-state index in [0.29, 0.717) is 23.6 Å². The fourth-order valence-electron chi connectivity index (χ4n) is 2.59. The fraction of sp³-hybridized carbons (Fsp3) is 0.368. The van der Waals surface area contributed by atoms with Crippen LogP contribution in [0.5, 0.6) is 17.4 Å². The van der Waals surface area contributed by atoms with Crippen LogP contribution in [-0.2, 0) is 0 Å². The molecule has 1 aromatic heterocycles. The summed E-state index contributed by atoms with van der Waals surface area (Å²) in [5, 5.41) is 27.9. The Morgan fingerprint density at radius 3 is 2.56 bits per heavy atom. The first-order chi connectivity index (χ1) is 12.9. The zero-order valence-electron chi connectivity index (χ0n) is 16.0. The van der Waals surface area contributed by atoms with Crippen LogP contribution in [-0.4, -0.2) is 23.9 Å². The molecule has 0 amide bonds. The molecule has 1 heterocycles. The molecule has 2 aromatic rings. The second kappa shape index (κ2) is 8.36. The number of hydrogen-bond acceptors (Lipinski definition) is 7. The summed E-state index contributed by atoms with van der Waals surface area (Å²) in [7, 11) is 3.03. The van der Waals surface area contributed by atoms with Crippen LogP contribution >= 0.6 is 0 Å². The first-order valence-electron chi connectivity index (χ1n) is 8.41. The fourth-order valence-corrected chi connectivity index (χ4v) is 2.59. The number of aromatic nitrogens is 1. The normalized spacial score (nSPS) is 12.0. The van der Waals surface area contributed by atoms with Crippen molar-refractivity contribution < 1.29 is 14.6 Å². The second-order valence-electron chi connectivity index (χ2n) is 5.95. The minimum Gasteiger partial charge on any atom is -0.497 e. The lowest BCUT2D eigenvalue weighted by Crippen LogP contribution is -2.24. The van der Waals surface area contributed by atoms with E-state index >= 15 is 0 Å². The summed E-state index contributed by atoms with van der Waals surface area (Å²) in [6.07, 6.45) is 0.601. The predicted molar refractivity (Wildman–Crippen MR) is 101 cm³/mol. The molecule has 0 aliphatic carbocycles. The maximum Gasteiger partial charge on any atom is 0.281 e. The number of rotatable bonds is 6. The van der Waals surface area contributed by atoms with Crippen LogP contribution in [0.1, 0.15) is 37.4 Å². The third-order valence-corrected chi connectivity index (χ3v) is 4.39.